The summed E-state index contributed by atoms with van der Waals surface area (Å²) < 4.78 is 0. The highest BCUT2D eigenvalue weighted by atomic mass is 16.2. The minimum Gasteiger partial charge on any atom is -0.360 e. The van der Waals surface area contributed by atoms with E-state index in [0.29, 0.717) is 6.42 Å². The van der Waals surface area contributed by atoms with Crippen LogP contribution in [-0.2, 0) is 11.2 Å². The third-order valence-electron chi connectivity index (χ3n) is 2.50. The van der Waals surface area contributed by atoms with E-state index in [1.165, 1.54) is 0 Å². The molecule has 0 radical (unpaired) electrons. The first kappa shape index (κ1) is 12.1. The fourth-order valence-electron chi connectivity index (χ4n) is 1.56. The van der Waals surface area contributed by atoms with Crippen molar-refractivity contribution < 1.29 is 4.79 Å². The van der Waals surface area contributed by atoms with Crippen LogP contribution in [-0.4, -0.2) is 17.1 Å². The number of aromatic nitrogens is 1. The van der Waals surface area contributed by atoms with Crippen molar-refractivity contribution in [2.45, 2.75) is 12.8 Å². The van der Waals surface area contributed by atoms with Crippen LogP contribution in [0.3, 0.4) is 0 Å². The molecule has 0 bridgehead atoms. The Labute approximate surface area is 106 Å². The average Bonchev–Trinajstić information content (AvgIpc) is 2.91. The van der Waals surface area contributed by atoms with Crippen molar-refractivity contribution in [3.05, 3.63) is 59.9 Å². The van der Waals surface area contributed by atoms with Gasteiger partial charge in [-0.25, -0.2) is 5.43 Å². The summed E-state index contributed by atoms with van der Waals surface area (Å²) >= 11 is 0. The number of hydrogen-bond acceptors (Lipinski definition) is 2. The molecule has 4 heteroatoms. The largest absolute Gasteiger partial charge is 0.360 e. The van der Waals surface area contributed by atoms with E-state index >= 15 is 0 Å². The zero-order valence-corrected chi connectivity index (χ0v) is 9.97. The lowest BCUT2D eigenvalue weighted by Crippen LogP contribution is -2.17. The van der Waals surface area contributed by atoms with Crippen LogP contribution in [0.2, 0.25) is 0 Å². The Bertz CT molecular complexity index is 503. The normalized spacial score (nSPS) is 10.7. The summed E-state index contributed by atoms with van der Waals surface area (Å²) in [5.41, 5.74) is 4.51. The second-order valence-corrected chi connectivity index (χ2v) is 3.90. The Morgan fingerprint density at radius 1 is 1.22 bits per heavy atom. The molecular weight excluding hydrogens is 226 g/mol. The molecule has 0 saturated heterocycles. The Morgan fingerprint density at radius 2 is 2.06 bits per heavy atom. The van der Waals surface area contributed by atoms with Crippen LogP contribution in [0.4, 0.5) is 0 Å². The molecule has 1 amide bonds. The first-order valence-corrected chi connectivity index (χ1v) is 5.84. The maximum Gasteiger partial charge on any atom is 0.240 e. The maximum atomic E-state index is 11.5. The molecule has 1 heterocycles. The van der Waals surface area contributed by atoms with Gasteiger partial charge >= 0.3 is 0 Å². The summed E-state index contributed by atoms with van der Waals surface area (Å²) in [5.74, 6) is -0.0818. The molecule has 0 aliphatic carbocycles. The van der Waals surface area contributed by atoms with Crippen LogP contribution < -0.4 is 5.43 Å². The molecule has 92 valence electrons. The van der Waals surface area contributed by atoms with Crippen LogP contribution in [0.15, 0.2) is 53.8 Å². The molecule has 0 atom stereocenters. The number of hydrogen-bond donors (Lipinski definition) is 2. The topological polar surface area (TPSA) is 57.2 Å². The van der Waals surface area contributed by atoms with Crippen molar-refractivity contribution in [2.75, 3.05) is 0 Å². The Morgan fingerprint density at radius 3 is 2.78 bits per heavy atom. The van der Waals surface area contributed by atoms with E-state index in [-0.39, 0.29) is 5.91 Å². The van der Waals surface area contributed by atoms with Gasteiger partial charge < -0.3 is 4.98 Å². The van der Waals surface area contributed by atoms with Gasteiger partial charge in [-0.2, -0.15) is 5.10 Å². The quantitative estimate of drug-likeness (QED) is 0.611. The predicted molar refractivity (Wildman–Crippen MR) is 71.3 cm³/mol. The van der Waals surface area contributed by atoms with Crippen molar-refractivity contribution >= 4 is 12.1 Å². The van der Waals surface area contributed by atoms with E-state index in [0.717, 1.165) is 17.7 Å². The summed E-state index contributed by atoms with van der Waals surface area (Å²) in [6.07, 6.45) is 4.55. The molecule has 2 rings (SSSR count). The molecule has 4 nitrogen and oxygen atoms in total. The number of nitrogens with zero attached hydrogens (tertiary/aromatic N) is 1. The molecule has 0 unspecified atom stereocenters. The number of benzene rings is 1. The molecule has 1 aromatic heterocycles. The van der Waals surface area contributed by atoms with Gasteiger partial charge in [0.25, 0.3) is 0 Å². The van der Waals surface area contributed by atoms with Gasteiger partial charge in [-0.1, -0.05) is 30.3 Å². The average molecular weight is 241 g/mol. The third-order valence-corrected chi connectivity index (χ3v) is 2.50. The maximum absolute atomic E-state index is 11.5. The summed E-state index contributed by atoms with van der Waals surface area (Å²) in [7, 11) is 0. The van der Waals surface area contributed by atoms with E-state index in [1.807, 2.05) is 42.5 Å². The lowest BCUT2D eigenvalue weighted by atomic mass is 10.1. The molecule has 0 aliphatic rings. The molecule has 2 N–H and O–H groups in total. The van der Waals surface area contributed by atoms with Crippen LogP contribution in [0.5, 0.6) is 0 Å². The van der Waals surface area contributed by atoms with Crippen molar-refractivity contribution in [1.82, 2.24) is 10.4 Å². The first-order valence-electron chi connectivity index (χ1n) is 5.84. The van der Waals surface area contributed by atoms with E-state index in [9.17, 15) is 4.79 Å². The lowest BCUT2D eigenvalue weighted by molar-refractivity contribution is -0.121. The van der Waals surface area contributed by atoms with Gasteiger partial charge in [0, 0.05) is 12.6 Å². The monoisotopic (exact) mass is 241 g/mol. The molecule has 1 aromatic carbocycles. The van der Waals surface area contributed by atoms with Gasteiger partial charge in [0.05, 0.1) is 11.9 Å². The van der Waals surface area contributed by atoms with Crippen LogP contribution in [0, 0.1) is 0 Å². The highest BCUT2D eigenvalue weighted by molar-refractivity contribution is 5.80. The summed E-state index contributed by atoms with van der Waals surface area (Å²) in [6.45, 7) is 0. The Hall–Kier alpha value is -2.36. The zero-order chi connectivity index (χ0) is 12.6. The second-order valence-electron chi connectivity index (χ2n) is 3.90. The van der Waals surface area contributed by atoms with Crippen LogP contribution in [0.25, 0.3) is 0 Å². The van der Waals surface area contributed by atoms with Gasteiger partial charge in [-0.05, 0) is 24.1 Å². The molecule has 0 aliphatic heterocycles. The van der Waals surface area contributed by atoms with Gasteiger partial charge in [0.2, 0.25) is 5.91 Å². The van der Waals surface area contributed by atoms with E-state index in [4.69, 9.17) is 0 Å². The Balaban J connectivity index is 1.73. The minimum absolute atomic E-state index is 0.0818. The van der Waals surface area contributed by atoms with Gasteiger partial charge in [-0.15, -0.1) is 0 Å². The fraction of sp³-hybridized carbons (Fsp3) is 0.143. The number of nitrogens with one attached hydrogen (secondary N) is 2. The smallest absolute Gasteiger partial charge is 0.240 e. The lowest BCUT2D eigenvalue weighted by Gasteiger charge is -2.00. The molecule has 18 heavy (non-hydrogen) atoms. The van der Waals surface area contributed by atoms with Crippen molar-refractivity contribution in [3.8, 4) is 0 Å². The SMILES string of the molecule is O=C(CCc1ccccc1)N/N=C/c1ccc[nH]1. The number of hydrazone groups is 1. The number of aryl methyl sites for hydroxylation is 1. The van der Waals surface area contributed by atoms with E-state index in [2.05, 4.69) is 15.5 Å². The molecule has 2 aromatic rings. The van der Waals surface area contributed by atoms with Gasteiger partial charge in [0.15, 0.2) is 0 Å². The highest BCUT2D eigenvalue weighted by Gasteiger charge is 2.00. The number of carbonyl (C=O) groups excluding carboxylic acids is 1. The van der Waals surface area contributed by atoms with Crippen molar-refractivity contribution in [1.29, 1.82) is 0 Å². The van der Waals surface area contributed by atoms with E-state index < -0.39 is 0 Å². The number of aromatic amines is 1. The molecule has 0 fully saturated rings. The molecular formula is C14H15N3O. The number of rotatable bonds is 5. The molecule has 0 saturated carbocycles. The van der Waals surface area contributed by atoms with Crippen molar-refractivity contribution in [3.63, 3.8) is 0 Å². The number of H-pyrrole nitrogens is 1. The van der Waals surface area contributed by atoms with Gasteiger partial charge in [0.1, 0.15) is 0 Å². The third kappa shape index (κ3) is 3.90. The molecule has 0 spiro atoms. The fourth-order valence-corrected chi connectivity index (χ4v) is 1.56. The van der Waals surface area contributed by atoms with Crippen LogP contribution in [0.1, 0.15) is 17.7 Å². The first-order chi connectivity index (χ1) is 8.84. The van der Waals surface area contributed by atoms with Crippen molar-refractivity contribution in [2.24, 2.45) is 5.10 Å². The van der Waals surface area contributed by atoms with Gasteiger partial charge in [-0.3, -0.25) is 4.79 Å². The highest BCUT2D eigenvalue weighted by Crippen LogP contribution is 2.01. The number of amides is 1. The predicted octanol–water partition coefficient (Wildman–Crippen LogP) is 2.10. The van der Waals surface area contributed by atoms with E-state index in [1.54, 1.807) is 12.4 Å². The Kier molecular flexibility index (Phi) is 4.30. The minimum atomic E-state index is -0.0818. The summed E-state index contributed by atoms with van der Waals surface area (Å²) in [6, 6.07) is 13.7. The van der Waals surface area contributed by atoms with Crippen LogP contribution >= 0.6 is 0 Å². The summed E-state index contributed by atoms with van der Waals surface area (Å²) in [4.78, 5) is 14.5. The zero-order valence-electron chi connectivity index (χ0n) is 9.97. The standard InChI is InChI=1S/C14H15N3O/c18-14(9-8-12-5-2-1-3-6-12)17-16-11-13-7-4-10-15-13/h1-7,10-11,15H,8-9H2,(H,17,18)/b16-11+. The summed E-state index contributed by atoms with van der Waals surface area (Å²) in [5, 5.41) is 3.87. The number of carbonyl (C=O) groups is 1. The second kappa shape index (κ2) is 6.39.